The van der Waals surface area contributed by atoms with E-state index >= 15 is 0 Å². The standard InChI is InChI=1S/C14H12Br4N2O4/c1-3-23-13(21)7-5-6(15)12(18)20(7)10-8(16)11(17)19-9(10)14(22)24-4-2/h5,19H,3-4H2,1-2H3. The maximum absolute atomic E-state index is 12.3. The Hall–Kier alpha value is -0.580. The number of nitrogens with zero attached hydrogens (tertiary/aromatic N) is 1. The molecule has 24 heavy (non-hydrogen) atoms. The third-order valence-corrected chi connectivity index (χ3v) is 6.77. The molecule has 0 saturated heterocycles. The van der Waals surface area contributed by atoms with Crippen molar-refractivity contribution in [1.82, 2.24) is 9.55 Å². The highest BCUT2D eigenvalue weighted by molar-refractivity contribution is 9.13. The van der Waals surface area contributed by atoms with E-state index in [-0.39, 0.29) is 24.6 Å². The number of hydrogen-bond donors (Lipinski definition) is 1. The van der Waals surface area contributed by atoms with Crippen LogP contribution in [0.1, 0.15) is 34.8 Å². The maximum atomic E-state index is 12.3. The summed E-state index contributed by atoms with van der Waals surface area (Å²) < 4.78 is 14.1. The second-order valence-corrected chi connectivity index (χ2v) is 7.61. The van der Waals surface area contributed by atoms with Crippen LogP contribution in [-0.4, -0.2) is 34.7 Å². The molecular formula is C14H12Br4N2O4. The molecule has 2 heterocycles. The summed E-state index contributed by atoms with van der Waals surface area (Å²) in [6.45, 7) is 3.91. The van der Waals surface area contributed by atoms with Crippen molar-refractivity contribution >= 4 is 75.7 Å². The van der Waals surface area contributed by atoms with Crippen LogP contribution in [0.25, 0.3) is 5.69 Å². The van der Waals surface area contributed by atoms with E-state index in [9.17, 15) is 9.59 Å². The van der Waals surface area contributed by atoms with Crippen LogP contribution in [0.5, 0.6) is 0 Å². The summed E-state index contributed by atoms with van der Waals surface area (Å²) >= 11 is 13.6. The van der Waals surface area contributed by atoms with Crippen LogP contribution in [0.15, 0.2) is 24.2 Å². The molecule has 0 unspecified atom stereocenters. The van der Waals surface area contributed by atoms with Gasteiger partial charge in [-0.3, -0.25) is 4.57 Å². The highest BCUT2D eigenvalue weighted by Gasteiger charge is 2.28. The quantitative estimate of drug-likeness (QED) is 0.485. The fourth-order valence-corrected chi connectivity index (χ4v) is 3.77. The molecule has 0 aliphatic heterocycles. The first-order valence-electron chi connectivity index (χ1n) is 6.81. The zero-order valence-corrected chi connectivity index (χ0v) is 18.9. The molecule has 2 aromatic rings. The van der Waals surface area contributed by atoms with Crippen LogP contribution in [-0.2, 0) is 9.47 Å². The molecule has 0 atom stereocenters. The van der Waals surface area contributed by atoms with E-state index in [1.54, 1.807) is 24.5 Å². The average molecular weight is 592 g/mol. The van der Waals surface area contributed by atoms with E-state index in [4.69, 9.17) is 9.47 Å². The number of halogens is 4. The summed E-state index contributed by atoms with van der Waals surface area (Å²) in [5.41, 5.74) is 0.888. The van der Waals surface area contributed by atoms with Crippen molar-refractivity contribution in [2.75, 3.05) is 13.2 Å². The zero-order valence-electron chi connectivity index (χ0n) is 12.6. The molecule has 0 bridgehead atoms. The first-order valence-corrected chi connectivity index (χ1v) is 9.98. The minimum absolute atomic E-state index is 0.199. The lowest BCUT2D eigenvalue weighted by Gasteiger charge is -2.11. The fraction of sp³-hybridized carbons (Fsp3) is 0.286. The Morgan fingerprint density at radius 2 is 1.67 bits per heavy atom. The van der Waals surface area contributed by atoms with Crippen LogP contribution >= 0.6 is 63.7 Å². The van der Waals surface area contributed by atoms with Gasteiger partial charge in [-0.2, -0.15) is 0 Å². The Labute approximate surface area is 171 Å². The third-order valence-electron chi connectivity index (χ3n) is 2.96. The molecule has 0 fully saturated rings. The van der Waals surface area contributed by atoms with Gasteiger partial charge in [0, 0.05) is 0 Å². The number of hydrogen-bond acceptors (Lipinski definition) is 4. The number of aromatic amines is 1. The second kappa shape index (κ2) is 8.20. The van der Waals surface area contributed by atoms with Crippen molar-refractivity contribution < 1.29 is 19.1 Å². The van der Waals surface area contributed by atoms with Crippen LogP contribution < -0.4 is 0 Å². The molecule has 6 nitrogen and oxygen atoms in total. The lowest BCUT2D eigenvalue weighted by molar-refractivity contribution is 0.0503. The average Bonchev–Trinajstić information content (AvgIpc) is 2.98. The molecule has 2 rings (SSSR count). The van der Waals surface area contributed by atoms with Gasteiger partial charge in [0.15, 0.2) is 5.69 Å². The van der Waals surface area contributed by atoms with Gasteiger partial charge in [0.2, 0.25) is 0 Å². The minimum atomic E-state index is -0.537. The Morgan fingerprint density at radius 3 is 2.25 bits per heavy atom. The summed E-state index contributed by atoms with van der Waals surface area (Å²) in [5, 5.41) is 0. The monoisotopic (exact) mass is 588 g/mol. The summed E-state index contributed by atoms with van der Waals surface area (Å²) in [6, 6.07) is 1.62. The number of ether oxygens (including phenoxy) is 2. The van der Waals surface area contributed by atoms with Gasteiger partial charge < -0.3 is 14.5 Å². The van der Waals surface area contributed by atoms with Crippen molar-refractivity contribution in [3.05, 3.63) is 35.6 Å². The fourth-order valence-electron chi connectivity index (χ4n) is 2.03. The lowest BCUT2D eigenvalue weighted by atomic mass is 10.3. The van der Waals surface area contributed by atoms with Crippen LogP contribution in [0.3, 0.4) is 0 Å². The summed E-state index contributed by atoms with van der Waals surface area (Å²) in [5.74, 6) is -1.05. The van der Waals surface area contributed by atoms with Gasteiger partial charge in [0.1, 0.15) is 10.3 Å². The van der Waals surface area contributed by atoms with Gasteiger partial charge in [-0.1, -0.05) is 0 Å². The largest absolute Gasteiger partial charge is 0.461 e. The van der Waals surface area contributed by atoms with E-state index in [1.807, 2.05) is 0 Å². The first-order chi connectivity index (χ1) is 11.3. The molecule has 0 aliphatic rings. The zero-order chi connectivity index (χ0) is 18.0. The Balaban J connectivity index is 2.73. The molecule has 0 amide bonds. The number of carbonyl (C=O) groups is 2. The summed E-state index contributed by atoms with van der Waals surface area (Å²) in [6.07, 6.45) is 0. The minimum Gasteiger partial charge on any atom is -0.461 e. The summed E-state index contributed by atoms with van der Waals surface area (Å²) in [4.78, 5) is 27.5. The predicted molar refractivity (Wildman–Crippen MR) is 103 cm³/mol. The highest BCUT2D eigenvalue weighted by atomic mass is 79.9. The molecule has 1 N–H and O–H groups in total. The van der Waals surface area contributed by atoms with Crippen molar-refractivity contribution in [1.29, 1.82) is 0 Å². The Kier molecular flexibility index (Phi) is 6.74. The second-order valence-electron chi connectivity index (χ2n) is 4.42. The Bertz CT molecular complexity index is 731. The van der Waals surface area contributed by atoms with Crippen molar-refractivity contribution in [2.45, 2.75) is 13.8 Å². The van der Waals surface area contributed by atoms with E-state index in [2.05, 4.69) is 68.7 Å². The number of H-pyrrole nitrogens is 1. The molecule has 0 aromatic carbocycles. The molecule has 130 valence electrons. The van der Waals surface area contributed by atoms with Gasteiger partial charge in [-0.25, -0.2) is 9.59 Å². The molecule has 0 spiro atoms. The molecular weight excluding hydrogens is 580 g/mol. The number of aromatic nitrogens is 2. The van der Waals surface area contributed by atoms with E-state index in [0.29, 0.717) is 23.8 Å². The highest BCUT2D eigenvalue weighted by Crippen LogP contribution is 2.39. The van der Waals surface area contributed by atoms with Gasteiger partial charge in [-0.15, -0.1) is 0 Å². The third kappa shape index (κ3) is 3.66. The maximum Gasteiger partial charge on any atom is 0.357 e. The number of carbonyl (C=O) groups excluding carboxylic acids is 2. The topological polar surface area (TPSA) is 73.3 Å². The number of esters is 2. The van der Waals surface area contributed by atoms with E-state index < -0.39 is 11.9 Å². The van der Waals surface area contributed by atoms with Crippen LogP contribution in [0.4, 0.5) is 0 Å². The molecule has 0 saturated carbocycles. The van der Waals surface area contributed by atoms with Gasteiger partial charge in [-0.05, 0) is 83.6 Å². The lowest BCUT2D eigenvalue weighted by Crippen LogP contribution is -2.14. The van der Waals surface area contributed by atoms with Crippen molar-refractivity contribution in [2.24, 2.45) is 0 Å². The first kappa shape index (κ1) is 19.7. The SMILES string of the molecule is CCOC(=O)c1[nH]c(Br)c(Br)c1-n1c(C(=O)OCC)cc(Br)c1Br. The van der Waals surface area contributed by atoms with Gasteiger partial charge in [0.05, 0.1) is 32.4 Å². The summed E-state index contributed by atoms with van der Waals surface area (Å²) in [7, 11) is 0. The predicted octanol–water partition coefficient (Wildman–Crippen LogP) is 5.21. The normalized spacial score (nSPS) is 10.8. The van der Waals surface area contributed by atoms with Crippen molar-refractivity contribution in [3.63, 3.8) is 0 Å². The van der Waals surface area contributed by atoms with Crippen LogP contribution in [0, 0.1) is 0 Å². The van der Waals surface area contributed by atoms with E-state index in [0.717, 1.165) is 0 Å². The van der Waals surface area contributed by atoms with E-state index in [1.165, 1.54) is 0 Å². The van der Waals surface area contributed by atoms with Crippen molar-refractivity contribution in [3.8, 4) is 5.69 Å². The van der Waals surface area contributed by atoms with Gasteiger partial charge >= 0.3 is 11.9 Å². The smallest absolute Gasteiger partial charge is 0.357 e. The molecule has 2 aromatic heterocycles. The van der Waals surface area contributed by atoms with Crippen LogP contribution in [0.2, 0.25) is 0 Å². The number of rotatable bonds is 5. The number of nitrogens with one attached hydrogen (secondary N) is 1. The molecule has 0 aliphatic carbocycles. The van der Waals surface area contributed by atoms with Gasteiger partial charge in [0.25, 0.3) is 0 Å². The molecule has 10 heteroatoms. The Morgan fingerprint density at radius 1 is 1.08 bits per heavy atom. The molecule has 0 radical (unpaired) electrons.